The zero-order valence-corrected chi connectivity index (χ0v) is 19.6. The van der Waals surface area contributed by atoms with Gasteiger partial charge in [-0.2, -0.15) is 0 Å². The van der Waals surface area contributed by atoms with Crippen molar-refractivity contribution in [3.05, 3.63) is 30.0 Å². The third-order valence-corrected chi connectivity index (χ3v) is 6.75. The van der Waals surface area contributed by atoms with E-state index in [1.54, 1.807) is 24.3 Å². The summed E-state index contributed by atoms with van der Waals surface area (Å²) in [5.74, 6) is 0.268. The summed E-state index contributed by atoms with van der Waals surface area (Å²) in [6.45, 7) is 6.35. The van der Waals surface area contributed by atoms with E-state index in [2.05, 4.69) is 18.7 Å². The number of fused-ring (bicyclic) bond motifs is 1. The van der Waals surface area contributed by atoms with E-state index in [1.807, 2.05) is 0 Å². The average molecular weight is 478 g/mol. The number of carbonyl (C=O) groups is 2. The Morgan fingerprint density at radius 2 is 1.68 bits per heavy atom. The molecule has 2 aromatic rings. The molecule has 0 aliphatic carbocycles. The number of nitrogens with zero attached hydrogens (tertiary/aromatic N) is 4. The summed E-state index contributed by atoms with van der Waals surface area (Å²) in [6.07, 6.45) is -1.97. The van der Waals surface area contributed by atoms with Crippen molar-refractivity contribution in [1.82, 2.24) is 19.3 Å². The van der Waals surface area contributed by atoms with E-state index in [4.69, 9.17) is 4.74 Å². The molecule has 0 atom stereocenters. The summed E-state index contributed by atoms with van der Waals surface area (Å²) < 4.78 is 34.3. The number of carbonyl (C=O) groups excluding carboxylic acids is 2. The van der Waals surface area contributed by atoms with Crippen LogP contribution in [-0.4, -0.2) is 89.1 Å². The zero-order valence-electron chi connectivity index (χ0n) is 19.6. The second-order valence-electron chi connectivity index (χ2n) is 9.24. The van der Waals surface area contributed by atoms with E-state index in [0.717, 1.165) is 30.8 Å². The van der Waals surface area contributed by atoms with Gasteiger partial charge >= 0.3 is 0 Å². The first kappa shape index (κ1) is 24.3. The molecule has 0 spiro atoms. The van der Waals surface area contributed by atoms with Crippen LogP contribution in [0.2, 0.25) is 0 Å². The molecule has 34 heavy (non-hydrogen) atoms. The Morgan fingerprint density at radius 1 is 1.03 bits per heavy atom. The Bertz CT molecular complexity index is 1030. The molecule has 1 aromatic heterocycles. The molecule has 0 N–H and O–H groups in total. The lowest BCUT2D eigenvalue weighted by Crippen LogP contribution is -2.54. The van der Waals surface area contributed by atoms with Gasteiger partial charge in [-0.25, -0.2) is 8.78 Å². The van der Waals surface area contributed by atoms with E-state index in [1.165, 1.54) is 9.47 Å². The third-order valence-electron chi connectivity index (χ3n) is 6.75. The molecular weight excluding hydrogens is 446 g/mol. The van der Waals surface area contributed by atoms with Crippen LogP contribution in [0.3, 0.4) is 0 Å². The van der Waals surface area contributed by atoms with E-state index in [0.29, 0.717) is 22.7 Å². The van der Waals surface area contributed by atoms with Gasteiger partial charge < -0.3 is 33.9 Å². The number of halogens is 2. The molecule has 4 rings (SSSR count). The summed E-state index contributed by atoms with van der Waals surface area (Å²) in [5.41, 5.74) is 0.707. The lowest BCUT2D eigenvalue weighted by atomic mass is 10.1. The van der Waals surface area contributed by atoms with Crippen molar-refractivity contribution in [3.63, 3.8) is 0 Å². The number of alkyl halides is 2. The van der Waals surface area contributed by atoms with Crippen LogP contribution in [0.5, 0.6) is 5.75 Å². The Balaban J connectivity index is 1.53. The average Bonchev–Trinajstić information content (AvgIpc) is 3.16. The first-order valence-electron chi connectivity index (χ1n) is 11.8. The van der Waals surface area contributed by atoms with E-state index in [-0.39, 0.29) is 38.0 Å². The van der Waals surface area contributed by atoms with Crippen LogP contribution in [0.4, 0.5) is 13.6 Å². The van der Waals surface area contributed by atoms with Crippen molar-refractivity contribution >= 4 is 22.9 Å². The minimum atomic E-state index is -2.63. The van der Waals surface area contributed by atoms with Crippen LogP contribution >= 0.6 is 0 Å². The fourth-order valence-corrected chi connectivity index (χ4v) is 4.79. The van der Waals surface area contributed by atoms with Gasteiger partial charge in [-0.15, -0.1) is 0 Å². The molecule has 2 saturated heterocycles. The molecule has 186 valence electrons. The highest BCUT2D eigenvalue weighted by Crippen LogP contribution is 2.28. The zero-order chi connectivity index (χ0) is 24.4. The SMILES string of the molecule is CC(C)N1CCC(Oc2ccc3c(c2)cc(C(=O)N2CCN(C(=O)[O-])CC2)n3CC(F)F)CC1. The van der Waals surface area contributed by atoms with Crippen molar-refractivity contribution in [2.24, 2.45) is 0 Å². The smallest absolute Gasteiger partial charge is 0.270 e. The molecule has 0 bridgehead atoms. The first-order chi connectivity index (χ1) is 16.2. The van der Waals surface area contributed by atoms with Crippen LogP contribution in [0.1, 0.15) is 37.2 Å². The maximum Gasteiger partial charge on any atom is 0.270 e. The van der Waals surface area contributed by atoms with Gasteiger partial charge in [-0.05, 0) is 51.0 Å². The highest BCUT2D eigenvalue weighted by atomic mass is 19.3. The van der Waals surface area contributed by atoms with Gasteiger partial charge in [-0.3, -0.25) is 4.79 Å². The molecule has 3 heterocycles. The molecule has 2 aliphatic rings. The number of piperazine rings is 1. The molecule has 0 saturated carbocycles. The van der Waals surface area contributed by atoms with Gasteiger partial charge in [0.2, 0.25) is 0 Å². The summed E-state index contributed by atoms with van der Waals surface area (Å²) >= 11 is 0. The predicted molar refractivity (Wildman–Crippen MR) is 121 cm³/mol. The number of ether oxygens (including phenoxy) is 1. The van der Waals surface area contributed by atoms with Crippen LogP contribution < -0.4 is 9.84 Å². The molecule has 10 heteroatoms. The van der Waals surface area contributed by atoms with Crippen LogP contribution in [-0.2, 0) is 6.54 Å². The molecule has 0 radical (unpaired) electrons. The van der Waals surface area contributed by atoms with E-state index >= 15 is 0 Å². The lowest BCUT2D eigenvalue weighted by Gasteiger charge is -2.36. The summed E-state index contributed by atoms with van der Waals surface area (Å²) in [5, 5.41) is 11.7. The number of likely N-dealkylation sites (tertiary alicyclic amines) is 1. The molecule has 1 aromatic carbocycles. The monoisotopic (exact) mass is 477 g/mol. The number of aromatic nitrogens is 1. The maximum absolute atomic E-state index is 13.4. The Labute approximate surface area is 197 Å². The number of benzene rings is 1. The number of carboxylic acid groups (broad SMARTS) is 1. The molecular formula is C24H31F2N4O4-. The minimum absolute atomic E-state index is 0.0942. The fourth-order valence-electron chi connectivity index (χ4n) is 4.79. The molecule has 2 fully saturated rings. The fraction of sp³-hybridized carbons (Fsp3) is 0.583. The van der Waals surface area contributed by atoms with Gasteiger partial charge in [0.05, 0.1) is 6.54 Å². The second kappa shape index (κ2) is 10.2. The number of rotatable bonds is 6. The van der Waals surface area contributed by atoms with Crippen molar-refractivity contribution in [2.75, 3.05) is 39.3 Å². The maximum atomic E-state index is 13.4. The minimum Gasteiger partial charge on any atom is -0.530 e. The van der Waals surface area contributed by atoms with Crippen molar-refractivity contribution in [1.29, 1.82) is 0 Å². The van der Waals surface area contributed by atoms with Gasteiger partial charge in [0, 0.05) is 56.2 Å². The molecule has 0 unspecified atom stereocenters. The number of piperidine rings is 1. The normalized spacial score (nSPS) is 18.3. The third kappa shape index (κ3) is 5.27. The second-order valence-corrected chi connectivity index (χ2v) is 9.24. The summed E-state index contributed by atoms with van der Waals surface area (Å²) in [6, 6.07) is 7.43. The van der Waals surface area contributed by atoms with Crippen molar-refractivity contribution in [3.8, 4) is 5.75 Å². The number of amides is 2. The van der Waals surface area contributed by atoms with Crippen molar-refractivity contribution in [2.45, 2.75) is 51.8 Å². The Morgan fingerprint density at radius 3 is 2.26 bits per heavy atom. The highest BCUT2D eigenvalue weighted by molar-refractivity contribution is 5.99. The predicted octanol–water partition coefficient (Wildman–Crippen LogP) is 2.26. The van der Waals surface area contributed by atoms with E-state index in [9.17, 15) is 23.5 Å². The quantitative estimate of drug-likeness (QED) is 0.638. The standard InChI is InChI=1S/C24H32F2N4O4/c1-16(2)27-7-5-18(6-8-27)34-19-3-4-20-17(13-19)14-21(30(20)15-22(25)26)23(31)28-9-11-29(12-10-28)24(32)33/h3-4,13-14,16,18,22H,5-12,15H2,1-2H3,(H,32,33)/p-1. The first-order valence-corrected chi connectivity index (χ1v) is 11.8. The van der Waals surface area contributed by atoms with Crippen LogP contribution in [0.15, 0.2) is 24.3 Å². The van der Waals surface area contributed by atoms with Crippen molar-refractivity contribution < 1.29 is 28.2 Å². The van der Waals surface area contributed by atoms with Gasteiger partial charge in [0.1, 0.15) is 23.6 Å². The topological polar surface area (TPSA) is 81.1 Å². The van der Waals surface area contributed by atoms with Gasteiger partial charge in [0.15, 0.2) is 0 Å². The summed E-state index contributed by atoms with van der Waals surface area (Å²) in [4.78, 5) is 29.2. The van der Waals surface area contributed by atoms with E-state index < -0.39 is 25.0 Å². The lowest BCUT2D eigenvalue weighted by molar-refractivity contribution is -0.266. The molecule has 2 amide bonds. The largest absolute Gasteiger partial charge is 0.530 e. The molecule has 2 aliphatic heterocycles. The van der Waals surface area contributed by atoms with Crippen LogP contribution in [0, 0.1) is 0 Å². The van der Waals surface area contributed by atoms with Gasteiger partial charge in [0.25, 0.3) is 12.3 Å². The van der Waals surface area contributed by atoms with Gasteiger partial charge in [-0.1, -0.05) is 0 Å². The number of hydrogen-bond donors (Lipinski definition) is 0. The summed E-state index contributed by atoms with van der Waals surface area (Å²) in [7, 11) is 0. The molecule has 8 nitrogen and oxygen atoms in total. The Hall–Kier alpha value is -2.88. The Kier molecular flexibility index (Phi) is 7.25. The number of hydrogen-bond acceptors (Lipinski definition) is 5. The highest BCUT2D eigenvalue weighted by Gasteiger charge is 2.27. The van der Waals surface area contributed by atoms with Crippen LogP contribution in [0.25, 0.3) is 10.9 Å².